The van der Waals surface area contributed by atoms with Crippen LogP contribution in [0.1, 0.15) is 5.69 Å². The molecule has 0 amide bonds. The number of fused-ring (bicyclic) bond motifs is 3. The van der Waals surface area contributed by atoms with Gasteiger partial charge < -0.3 is 10.4 Å². The quantitative estimate of drug-likeness (QED) is 0.558. The van der Waals surface area contributed by atoms with Crippen LogP contribution >= 0.6 is 0 Å². The molecule has 0 unspecified atom stereocenters. The van der Waals surface area contributed by atoms with Crippen molar-refractivity contribution in [3.63, 3.8) is 0 Å². The van der Waals surface area contributed by atoms with E-state index < -0.39 is 0 Å². The second-order valence-corrected chi connectivity index (χ2v) is 3.62. The first-order chi connectivity index (χ1) is 7.38. The Morgan fingerprint density at radius 1 is 1.07 bits per heavy atom. The molecular formula is C13H10N2. The van der Waals surface area contributed by atoms with Crippen LogP contribution in [0, 0.1) is 5.41 Å². The maximum absolute atomic E-state index is 7.20. The Labute approximate surface area is 87.4 Å². The zero-order chi connectivity index (χ0) is 10.3. The first-order valence-corrected chi connectivity index (χ1v) is 4.89. The first kappa shape index (κ1) is 8.24. The van der Waals surface area contributed by atoms with Gasteiger partial charge in [-0.2, -0.15) is 0 Å². The molecule has 1 aliphatic heterocycles. The van der Waals surface area contributed by atoms with Crippen molar-refractivity contribution in [2.45, 2.75) is 0 Å². The summed E-state index contributed by atoms with van der Waals surface area (Å²) in [5.41, 5.74) is 3.14. The number of aromatic nitrogens is 1. The molecule has 0 aromatic heterocycles. The van der Waals surface area contributed by atoms with E-state index in [0.717, 1.165) is 11.4 Å². The number of H-pyrrole nitrogens is 1. The molecule has 1 aromatic carbocycles. The van der Waals surface area contributed by atoms with E-state index in [2.05, 4.69) is 29.2 Å². The molecule has 1 heterocycles. The normalized spacial score (nSPS) is 10.9. The number of rotatable bonds is 1. The molecule has 0 spiro atoms. The van der Waals surface area contributed by atoms with E-state index in [9.17, 15) is 0 Å². The minimum absolute atomic E-state index is 0.831. The summed E-state index contributed by atoms with van der Waals surface area (Å²) in [7, 11) is 0. The molecule has 3 rings (SSSR count). The van der Waals surface area contributed by atoms with E-state index in [1.165, 1.54) is 22.6 Å². The highest BCUT2D eigenvalue weighted by molar-refractivity contribution is 6.01. The lowest BCUT2D eigenvalue weighted by Crippen LogP contribution is -1.88. The average molecular weight is 194 g/mol. The van der Waals surface area contributed by atoms with Gasteiger partial charge in [0, 0.05) is 17.5 Å². The van der Waals surface area contributed by atoms with Gasteiger partial charge in [-0.1, -0.05) is 30.3 Å². The van der Waals surface area contributed by atoms with Crippen molar-refractivity contribution >= 4 is 17.0 Å². The van der Waals surface area contributed by atoms with E-state index in [-0.39, 0.29) is 0 Å². The molecule has 15 heavy (non-hydrogen) atoms. The van der Waals surface area contributed by atoms with Crippen LogP contribution in [0.3, 0.4) is 0 Å². The van der Waals surface area contributed by atoms with Gasteiger partial charge in [-0.05, 0) is 22.9 Å². The number of hydrogen-bond acceptors (Lipinski definition) is 1. The Morgan fingerprint density at radius 3 is 2.80 bits per heavy atom. The van der Waals surface area contributed by atoms with Gasteiger partial charge in [-0.25, -0.2) is 0 Å². The van der Waals surface area contributed by atoms with Crippen molar-refractivity contribution in [3.8, 4) is 11.3 Å². The van der Waals surface area contributed by atoms with Crippen molar-refractivity contribution in [2.24, 2.45) is 0 Å². The molecule has 1 aliphatic carbocycles. The van der Waals surface area contributed by atoms with Crippen LogP contribution in [-0.4, -0.2) is 11.2 Å². The van der Waals surface area contributed by atoms with Gasteiger partial charge in [-0.3, -0.25) is 0 Å². The third kappa shape index (κ3) is 1.15. The van der Waals surface area contributed by atoms with Crippen molar-refractivity contribution in [2.75, 3.05) is 0 Å². The van der Waals surface area contributed by atoms with Crippen LogP contribution < -0.4 is 0 Å². The van der Waals surface area contributed by atoms with Gasteiger partial charge >= 0.3 is 0 Å². The van der Waals surface area contributed by atoms with Gasteiger partial charge in [0.1, 0.15) is 0 Å². The summed E-state index contributed by atoms with van der Waals surface area (Å²) in [6, 6.07) is 14.4. The third-order valence-corrected chi connectivity index (χ3v) is 2.71. The second kappa shape index (κ2) is 2.95. The van der Waals surface area contributed by atoms with Crippen LogP contribution in [0.5, 0.6) is 0 Å². The minimum atomic E-state index is 0.831. The summed E-state index contributed by atoms with van der Waals surface area (Å²) in [5.74, 6) is 0. The van der Waals surface area contributed by atoms with Gasteiger partial charge in [0.2, 0.25) is 0 Å². The summed E-state index contributed by atoms with van der Waals surface area (Å²) < 4.78 is 0. The predicted molar refractivity (Wildman–Crippen MR) is 62.8 cm³/mol. The number of aromatic amines is 1. The molecule has 1 aromatic rings. The van der Waals surface area contributed by atoms with E-state index in [4.69, 9.17) is 5.41 Å². The van der Waals surface area contributed by atoms with Crippen LogP contribution in [0.4, 0.5) is 0 Å². The molecule has 0 saturated carbocycles. The molecule has 0 fully saturated rings. The van der Waals surface area contributed by atoms with E-state index in [1.54, 1.807) is 0 Å². The van der Waals surface area contributed by atoms with Crippen LogP contribution in [-0.2, 0) is 0 Å². The Balaban J connectivity index is 2.43. The molecule has 0 bridgehead atoms. The Morgan fingerprint density at radius 2 is 1.93 bits per heavy atom. The topological polar surface area (TPSA) is 39.6 Å². The highest BCUT2D eigenvalue weighted by Gasteiger charge is 2.08. The third-order valence-electron chi connectivity index (χ3n) is 2.71. The lowest BCUT2D eigenvalue weighted by atomic mass is 10.1. The van der Waals surface area contributed by atoms with E-state index >= 15 is 0 Å². The maximum Gasteiger partial charge on any atom is 0.0563 e. The monoisotopic (exact) mass is 194 g/mol. The largest absolute Gasteiger partial charge is 0.354 e. The van der Waals surface area contributed by atoms with E-state index in [1.807, 2.05) is 18.2 Å². The number of pyridine rings is 1. The fourth-order valence-corrected chi connectivity index (χ4v) is 1.98. The Bertz CT molecular complexity index is 607. The number of hydrogen-bond donors (Lipinski definition) is 2. The minimum Gasteiger partial charge on any atom is -0.354 e. The zero-order valence-corrected chi connectivity index (χ0v) is 8.12. The van der Waals surface area contributed by atoms with Gasteiger partial charge in [-0.15, -0.1) is 0 Å². The van der Waals surface area contributed by atoms with E-state index in [0.29, 0.717) is 0 Å². The molecule has 0 radical (unpaired) electrons. The Hall–Kier alpha value is -2.09. The number of benzene rings is 1. The van der Waals surface area contributed by atoms with Crippen molar-refractivity contribution in [1.29, 1.82) is 5.41 Å². The fraction of sp³-hybridized carbons (Fsp3) is 0. The summed E-state index contributed by atoms with van der Waals surface area (Å²) in [6.07, 6.45) is 1.33. The summed E-state index contributed by atoms with van der Waals surface area (Å²) >= 11 is 0. The van der Waals surface area contributed by atoms with Crippen molar-refractivity contribution in [1.82, 2.24) is 4.98 Å². The van der Waals surface area contributed by atoms with Crippen molar-refractivity contribution in [3.05, 3.63) is 48.2 Å². The molecule has 0 saturated heterocycles. The molecule has 2 N–H and O–H groups in total. The van der Waals surface area contributed by atoms with Crippen LogP contribution in [0.15, 0.2) is 42.5 Å². The SMILES string of the molecule is N=Cc1ccc2c3ccccc3cc-2[nH]1. The molecular weight excluding hydrogens is 184 g/mol. The Kier molecular flexibility index (Phi) is 1.62. The van der Waals surface area contributed by atoms with Crippen molar-refractivity contribution < 1.29 is 0 Å². The van der Waals surface area contributed by atoms with Crippen LogP contribution in [0.25, 0.3) is 22.0 Å². The summed E-state index contributed by atoms with van der Waals surface area (Å²) in [4.78, 5) is 3.22. The average Bonchev–Trinajstić information content (AvgIpc) is 2.66. The predicted octanol–water partition coefficient (Wildman–Crippen LogP) is 3.27. The zero-order valence-electron chi connectivity index (χ0n) is 8.12. The number of nitrogens with one attached hydrogen (secondary N) is 2. The van der Waals surface area contributed by atoms with Gasteiger partial charge in [0.25, 0.3) is 0 Å². The summed E-state index contributed by atoms with van der Waals surface area (Å²) in [6.45, 7) is 0. The second-order valence-electron chi connectivity index (χ2n) is 3.62. The highest BCUT2D eigenvalue weighted by atomic mass is 14.7. The van der Waals surface area contributed by atoms with Crippen LogP contribution in [0.2, 0.25) is 0 Å². The summed E-state index contributed by atoms with van der Waals surface area (Å²) in [5, 5.41) is 9.70. The molecule has 2 nitrogen and oxygen atoms in total. The smallest absolute Gasteiger partial charge is 0.0563 e. The highest BCUT2D eigenvalue weighted by Crippen LogP contribution is 2.32. The molecule has 0 atom stereocenters. The lowest BCUT2D eigenvalue weighted by Gasteiger charge is -2.01. The molecule has 72 valence electrons. The lowest BCUT2D eigenvalue weighted by molar-refractivity contribution is 1.31. The van der Waals surface area contributed by atoms with Gasteiger partial charge in [0.05, 0.1) is 5.69 Å². The molecule has 2 heteroatoms. The maximum atomic E-state index is 7.20. The molecule has 2 aliphatic rings. The standard InChI is InChI=1S/C13H10N2/c14-8-10-5-6-12-11-4-2-1-3-9(11)7-13(12)15-10/h1-8,14-15H. The van der Waals surface area contributed by atoms with Gasteiger partial charge in [0.15, 0.2) is 0 Å². The first-order valence-electron chi connectivity index (χ1n) is 4.89. The fourth-order valence-electron chi connectivity index (χ4n) is 1.98.